The predicted molar refractivity (Wildman–Crippen MR) is 96.7 cm³/mol. The molecule has 0 saturated carbocycles. The van der Waals surface area contributed by atoms with E-state index in [1.54, 1.807) is 0 Å². The fourth-order valence-electron chi connectivity index (χ4n) is 3.15. The number of ether oxygens (including phenoxy) is 2. The molecule has 0 atom stereocenters. The van der Waals surface area contributed by atoms with E-state index in [-0.39, 0.29) is 0 Å². The maximum Gasteiger partial charge on any atom is 0.213 e. The standard InChI is InChI=1S/C19H22N4O2/c1-2-25-18-7-5-6-15(20-18)16-12-17(23-9-3-4-10-23)22-19(21-16)14-8-11-24-13-14/h5-8,12H,2-4,9-11,13H2,1H3. The molecule has 0 bridgehead atoms. The van der Waals surface area contributed by atoms with E-state index in [2.05, 4.69) is 16.0 Å². The van der Waals surface area contributed by atoms with Crippen molar-refractivity contribution < 1.29 is 9.47 Å². The lowest BCUT2D eigenvalue weighted by atomic mass is 10.2. The summed E-state index contributed by atoms with van der Waals surface area (Å²) >= 11 is 0. The van der Waals surface area contributed by atoms with Gasteiger partial charge in [0.25, 0.3) is 0 Å². The predicted octanol–water partition coefficient (Wildman–Crippen LogP) is 2.95. The van der Waals surface area contributed by atoms with Crippen molar-refractivity contribution in [3.8, 4) is 17.3 Å². The first-order chi connectivity index (χ1) is 12.3. The van der Waals surface area contributed by atoms with Gasteiger partial charge in [0.1, 0.15) is 5.82 Å². The van der Waals surface area contributed by atoms with E-state index in [4.69, 9.17) is 19.4 Å². The Morgan fingerprint density at radius 3 is 2.76 bits per heavy atom. The van der Waals surface area contributed by atoms with E-state index >= 15 is 0 Å². The number of pyridine rings is 1. The van der Waals surface area contributed by atoms with Crippen molar-refractivity contribution in [2.75, 3.05) is 37.8 Å². The Morgan fingerprint density at radius 2 is 2.00 bits per heavy atom. The zero-order chi connectivity index (χ0) is 17.1. The van der Waals surface area contributed by atoms with Crippen LogP contribution in [0.4, 0.5) is 5.82 Å². The highest BCUT2D eigenvalue weighted by Gasteiger charge is 2.19. The molecule has 4 rings (SSSR count). The summed E-state index contributed by atoms with van der Waals surface area (Å²) in [6, 6.07) is 7.80. The molecule has 0 N–H and O–H groups in total. The van der Waals surface area contributed by atoms with Gasteiger partial charge in [-0.15, -0.1) is 0 Å². The lowest BCUT2D eigenvalue weighted by Crippen LogP contribution is -2.20. The van der Waals surface area contributed by atoms with E-state index < -0.39 is 0 Å². The Bertz CT molecular complexity index is 785. The van der Waals surface area contributed by atoms with Crippen LogP contribution in [0.2, 0.25) is 0 Å². The van der Waals surface area contributed by atoms with Gasteiger partial charge in [0.15, 0.2) is 5.82 Å². The van der Waals surface area contributed by atoms with Gasteiger partial charge in [0.05, 0.1) is 31.2 Å². The topological polar surface area (TPSA) is 60.4 Å². The van der Waals surface area contributed by atoms with Crippen LogP contribution in [0.25, 0.3) is 17.0 Å². The van der Waals surface area contributed by atoms with Crippen LogP contribution in [-0.4, -0.2) is 47.9 Å². The summed E-state index contributed by atoms with van der Waals surface area (Å²) < 4.78 is 11.0. The third-order valence-corrected chi connectivity index (χ3v) is 4.41. The molecular weight excluding hydrogens is 316 g/mol. The fourth-order valence-corrected chi connectivity index (χ4v) is 3.15. The molecule has 2 aromatic rings. The van der Waals surface area contributed by atoms with Gasteiger partial charge in [-0.3, -0.25) is 0 Å². The summed E-state index contributed by atoms with van der Waals surface area (Å²) in [4.78, 5) is 16.4. The van der Waals surface area contributed by atoms with Crippen molar-refractivity contribution in [2.24, 2.45) is 0 Å². The first-order valence-corrected chi connectivity index (χ1v) is 8.85. The van der Waals surface area contributed by atoms with Gasteiger partial charge in [-0.25, -0.2) is 15.0 Å². The van der Waals surface area contributed by atoms with Crippen LogP contribution in [0, 0.1) is 0 Å². The van der Waals surface area contributed by atoms with Gasteiger partial charge in [-0.2, -0.15) is 0 Å². The van der Waals surface area contributed by atoms with Crippen molar-refractivity contribution in [1.82, 2.24) is 15.0 Å². The molecule has 25 heavy (non-hydrogen) atoms. The second-order valence-corrected chi connectivity index (χ2v) is 6.17. The number of anilines is 1. The molecule has 130 valence electrons. The highest BCUT2D eigenvalue weighted by Crippen LogP contribution is 2.27. The summed E-state index contributed by atoms with van der Waals surface area (Å²) in [6.45, 7) is 5.81. The first-order valence-electron chi connectivity index (χ1n) is 8.85. The molecule has 2 aliphatic rings. The van der Waals surface area contributed by atoms with Gasteiger partial charge in [-0.05, 0) is 31.9 Å². The molecule has 2 aliphatic heterocycles. The Morgan fingerprint density at radius 1 is 1.12 bits per heavy atom. The molecule has 6 heteroatoms. The summed E-state index contributed by atoms with van der Waals surface area (Å²) in [5.41, 5.74) is 2.67. The van der Waals surface area contributed by atoms with Crippen LogP contribution in [0.3, 0.4) is 0 Å². The molecule has 0 aromatic carbocycles. The number of nitrogens with zero attached hydrogens (tertiary/aromatic N) is 4. The average molecular weight is 338 g/mol. The summed E-state index contributed by atoms with van der Waals surface area (Å²) in [7, 11) is 0. The quantitative estimate of drug-likeness (QED) is 0.835. The normalized spacial score (nSPS) is 17.0. The lowest BCUT2D eigenvalue weighted by molar-refractivity contribution is 0.216. The zero-order valence-electron chi connectivity index (χ0n) is 14.4. The van der Waals surface area contributed by atoms with Gasteiger partial charge >= 0.3 is 0 Å². The van der Waals surface area contributed by atoms with E-state index in [1.165, 1.54) is 12.8 Å². The average Bonchev–Trinajstić information content (AvgIpc) is 3.36. The van der Waals surface area contributed by atoms with Crippen molar-refractivity contribution in [1.29, 1.82) is 0 Å². The van der Waals surface area contributed by atoms with E-state index in [0.29, 0.717) is 25.7 Å². The second kappa shape index (κ2) is 7.19. The Balaban J connectivity index is 1.76. The summed E-state index contributed by atoms with van der Waals surface area (Å²) in [5, 5.41) is 0. The molecule has 6 nitrogen and oxygen atoms in total. The monoisotopic (exact) mass is 338 g/mol. The minimum atomic E-state index is 0.565. The molecule has 0 spiro atoms. The van der Waals surface area contributed by atoms with Crippen LogP contribution in [0.1, 0.15) is 25.6 Å². The van der Waals surface area contributed by atoms with E-state index in [1.807, 2.05) is 31.2 Å². The first kappa shape index (κ1) is 16.0. The molecule has 2 aromatic heterocycles. The smallest absolute Gasteiger partial charge is 0.213 e. The van der Waals surface area contributed by atoms with Crippen molar-refractivity contribution in [3.63, 3.8) is 0 Å². The molecule has 0 aliphatic carbocycles. The summed E-state index contributed by atoms with van der Waals surface area (Å²) in [5.74, 6) is 2.32. The number of hydrogen-bond acceptors (Lipinski definition) is 6. The molecule has 1 saturated heterocycles. The Labute approximate surface area is 147 Å². The molecule has 0 amide bonds. The fraction of sp³-hybridized carbons (Fsp3) is 0.421. The Kier molecular flexibility index (Phi) is 4.61. The minimum Gasteiger partial charge on any atom is -0.478 e. The highest BCUT2D eigenvalue weighted by molar-refractivity contribution is 5.68. The van der Waals surface area contributed by atoms with Gasteiger partial charge in [-0.1, -0.05) is 6.07 Å². The van der Waals surface area contributed by atoms with Gasteiger partial charge < -0.3 is 14.4 Å². The lowest BCUT2D eigenvalue weighted by Gasteiger charge is -2.18. The van der Waals surface area contributed by atoms with Crippen LogP contribution in [-0.2, 0) is 4.74 Å². The van der Waals surface area contributed by atoms with E-state index in [9.17, 15) is 0 Å². The van der Waals surface area contributed by atoms with Gasteiger partial charge in [0, 0.05) is 30.8 Å². The summed E-state index contributed by atoms with van der Waals surface area (Å²) in [6.07, 6.45) is 4.47. The second-order valence-electron chi connectivity index (χ2n) is 6.17. The number of aromatic nitrogens is 3. The third-order valence-electron chi connectivity index (χ3n) is 4.41. The minimum absolute atomic E-state index is 0.565. The van der Waals surface area contributed by atoms with Crippen LogP contribution in [0.15, 0.2) is 30.3 Å². The largest absolute Gasteiger partial charge is 0.478 e. The SMILES string of the molecule is CCOc1cccc(-c2cc(N3CCCC3)nc(C3=CCOC3)n2)n1. The Hall–Kier alpha value is -2.47. The van der Waals surface area contributed by atoms with Gasteiger partial charge in [0.2, 0.25) is 5.88 Å². The molecular formula is C19H22N4O2. The molecule has 4 heterocycles. The van der Waals surface area contributed by atoms with Crippen molar-refractivity contribution in [3.05, 3.63) is 36.2 Å². The highest BCUT2D eigenvalue weighted by atomic mass is 16.5. The maximum absolute atomic E-state index is 5.53. The molecule has 0 radical (unpaired) electrons. The number of hydrogen-bond donors (Lipinski definition) is 0. The zero-order valence-corrected chi connectivity index (χ0v) is 14.4. The van der Waals surface area contributed by atoms with Crippen molar-refractivity contribution in [2.45, 2.75) is 19.8 Å². The molecule has 0 unspecified atom stereocenters. The number of rotatable bonds is 5. The molecule has 1 fully saturated rings. The maximum atomic E-state index is 5.53. The third kappa shape index (κ3) is 3.49. The van der Waals surface area contributed by atoms with Crippen molar-refractivity contribution >= 4 is 11.4 Å². The van der Waals surface area contributed by atoms with E-state index in [0.717, 1.165) is 41.7 Å². The van der Waals surface area contributed by atoms with Crippen LogP contribution >= 0.6 is 0 Å². The van der Waals surface area contributed by atoms with Crippen LogP contribution in [0.5, 0.6) is 5.88 Å². The van der Waals surface area contributed by atoms with Crippen LogP contribution < -0.4 is 9.64 Å².